The molecule has 1 heterocycles. The molecule has 0 aliphatic heterocycles. The largest absolute Gasteiger partial charge is 0.312 e. The maximum Gasteiger partial charge on any atom is 0.154 e. The van der Waals surface area contributed by atoms with Crippen LogP contribution in [0.4, 0.5) is 0 Å². The summed E-state index contributed by atoms with van der Waals surface area (Å²) in [4.78, 5) is 5.81. The third-order valence-electron chi connectivity index (χ3n) is 2.92. The highest BCUT2D eigenvalue weighted by molar-refractivity contribution is 8.01. The van der Waals surface area contributed by atoms with Crippen LogP contribution >= 0.6 is 23.1 Å². The van der Waals surface area contributed by atoms with E-state index in [-0.39, 0.29) is 0 Å². The Kier molecular flexibility index (Phi) is 5.64. The monoisotopic (exact) mass is 306 g/mol. The predicted octanol–water partition coefficient (Wildman–Crippen LogP) is 4.66. The molecule has 0 aliphatic carbocycles. The van der Waals surface area contributed by atoms with Crippen molar-refractivity contribution in [2.24, 2.45) is 5.92 Å². The van der Waals surface area contributed by atoms with Crippen LogP contribution in [0, 0.1) is 19.8 Å². The summed E-state index contributed by atoms with van der Waals surface area (Å²) in [5, 5.41) is 5.58. The summed E-state index contributed by atoms with van der Waals surface area (Å²) >= 11 is 3.47. The molecule has 0 saturated heterocycles. The first kappa shape index (κ1) is 15.5. The van der Waals surface area contributed by atoms with E-state index in [4.69, 9.17) is 0 Å². The summed E-state index contributed by atoms with van der Waals surface area (Å²) < 4.78 is 1.12. The van der Waals surface area contributed by atoms with Gasteiger partial charge in [-0.3, -0.25) is 0 Å². The molecule has 0 atom stereocenters. The highest BCUT2D eigenvalue weighted by Crippen LogP contribution is 2.32. The first-order valence-corrected chi connectivity index (χ1v) is 8.64. The fraction of sp³-hybridized carbons (Fsp3) is 0.438. The molecule has 2 rings (SSSR count). The van der Waals surface area contributed by atoms with Crippen molar-refractivity contribution in [3.05, 3.63) is 40.4 Å². The average Bonchev–Trinajstić information content (AvgIpc) is 2.78. The molecule has 0 fully saturated rings. The zero-order valence-electron chi connectivity index (χ0n) is 12.6. The lowest BCUT2D eigenvalue weighted by molar-refractivity contribution is 0.552. The first-order valence-electron chi connectivity index (χ1n) is 6.95. The fourth-order valence-corrected chi connectivity index (χ4v) is 3.78. The Hall–Kier alpha value is -0.840. The predicted molar refractivity (Wildman–Crippen MR) is 88.7 cm³/mol. The van der Waals surface area contributed by atoms with Gasteiger partial charge in [0.15, 0.2) is 4.34 Å². The van der Waals surface area contributed by atoms with Gasteiger partial charge in [-0.15, -0.1) is 11.3 Å². The molecule has 108 valence electrons. The molecule has 2 aromatic rings. The van der Waals surface area contributed by atoms with Crippen molar-refractivity contribution in [2.45, 2.75) is 43.5 Å². The minimum atomic E-state index is 0.694. The number of benzene rings is 1. The number of thiazole rings is 1. The molecule has 20 heavy (non-hydrogen) atoms. The molecule has 1 aromatic heterocycles. The molecule has 1 aromatic carbocycles. The average molecular weight is 307 g/mol. The Morgan fingerprint density at radius 2 is 2.10 bits per heavy atom. The fourth-order valence-electron chi connectivity index (χ4n) is 1.91. The molecule has 4 heteroatoms. The number of hydrogen-bond donors (Lipinski definition) is 1. The van der Waals surface area contributed by atoms with Crippen LogP contribution < -0.4 is 5.32 Å². The molecule has 0 aliphatic rings. The summed E-state index contributed by atoms with van der Waals surface area (Å²) in [5.74, 6) is 0.694. The van der Waals surface area contributed by atoms with Gasteiger partial charge >= 0.3 is 0 Å². The number of aromatic nitrogens is 1. The number of nitrogens with zero attached hydrogens (tertiary/aromatic N) is 1. The molecule has 0 spiro atoms. The van der Waals surface area contributed by atoms with Crippen LogP contribution in [0.2, 0.25) is 0 Å². The van der Waals surface area contributed by atoms with Gasteiger partial charge in [0, 0.05) is 22.5 Å². The van der Waals surface area contributed by atoms with Gasteiger partial charge in [-0.25, -0.2) is 4.98 Å². The quantitative estimate of drug-likeness (QED) is 0.840. The maximum atomic E-state index is 4.51. The van der Waals surface area contributed by atoms with Gasteiger partial charge in [-0.2, -0.15) is 0 Å². The van der Waals surface area contributed by atoms with E-state index in [0.717, 1.165) is 23.1 Å². The minimum Gasteiger partial charge on any atom is -0.312 e. The molecule has 1 N–H and O–H groups in total. The summed E-state index contributed by atoms with van der Waals surface area (Å²) in [6.45, 7) is 10.7. The molecule has 0 radical (unpaired) electrons. The summed E-state index contributed by atoms with van der Waals surface area (Å²) in [6, 6.07) is 6.70. The molecule has 2 nitrogen and oxygen atoms in total. The third kappa shape index (κ3) is 4.62. The highest BCUT2D eigenvalue weighted by atomic mass is 32.2. The topological polar surface area (TPSA) is 24.9 Å². The van der Waals surface area contributed by atoms with Gasteiger partial charge in [-0.1, -0.05) is 37.7 Å². The number of hydrogen-bond acceptors (Lipinski definition) is 4. The second kappa shape index (κ2) is 7.25. The van der Waals surface area contributed by atoms with E-state index in [9.17, 15) is 0 Å². The number of rotatable bonds is 6. The van der Waals surface area contributed by atoms with Gasteiger partial charge in [0.25, 0.3) is 0 Å². The summed E-state index contributed by atoms with van der Waals surface area (Å²) in [7, 11) is 0. The standard InChI is InChI=1S/C16H22N2S2/c1-11(2)8-17-9-14-5-6-15(12(3)7-14)20-16-18-13(4)10-19-16/h5-7,10-11,17H,8-9H2,1-4H3. The van der Waals surface area contributed by atoms with Crippen LogP contribution in [0.3, 0.4) is 0 Å². The van der Waals surface area contributed by atoms with Gasteiger partial charge < -0.3 is 5.32 Å². The van der Waals surface area contributed by atoms with E-state index in [1.165, 1.54) is 16.0 Å². The van der Waals surface area contributed by atoms with Gasteiger partial charge in [-0.05, 0) is 43.5 Å². The van der Waals surface area contributed by atoms with E-state index < -0.39 is 0 Å². The van der Waals surface area contributed by atoms with Crippen molar-refractivity contribution in [3.63, 3.8) is 0 Å². The number of aryl methyl sites for hydroxylation is 2. The van der Waals surface area contributed by atoms with Crippen LogP contribution in [0.25, 0.3) is 0 Å². The Morgan fingerprint density at radius 3 is 2.70 bits per heavy atom. The Bertz CT molecular complexity index is 561. The summed E-state index contributed by atoms with van der Waals surface area (Å²) in [6.07, 6.45) is 0. The molecule has 0 unspecified atom stereocenters. The zero-order chi connectivity index (χ0) is 14.5. The van der Waals surface area contributed by atoms with Crippen molar-refractivity contribution >= 4 is 23.1 Å². The second-order valence-corrected chi connectivity index (χ2v) is 7.63. The molecule has 0 amide bonds. The normalized spacial score (nSPS) is 11.2. The van der Waals surface area contributed by atoms with Crippen LogP contribution in [-0.2, 0) is 6.54 Å². The molecule has 0 bridgehead atoms. The van der Waals surface area contributed by atoms with Crippen molar-refractivity contribution in [2.75, 3.05) is 6.54 Å². The van der Waals surface area contributed by atoms with Crippen molar-refractivity contribution < 1.29 is 0 Å². The maximum absolute atomic E-state index is 4.51. The Balaban J connectivity index is 1.98. The van der Waals surface area contributed by atoms with Crippen LogP contribution in [-0.4, -0.2) is 11.5 Å². The van der Waals surface area contributed by atoms with Crippen LogP contribution in [0.15, 0.2) is 32.8 Å². The first-order chi connectivity index (χ1) is 9.54. The molecule has 0 saturated carbocycles. The zero-order valence-corrected chi connectivity index (χ0v) is 14.2. The van der Waals surface area contributed by atoms with Crippen molar-refractivity contribution in [1.82, 2.24) is 10.3 Å². The summed E-state index contributed by atoms with van der Waals surface area (Å²) in [5.41, 5.74) is 3.78. The lowest BCUT2D eigenvalue weighted by atomic mass is 10.1. The smallest absolute Gasteiger partial charge is 0.154 e. The molecular formula is C16H22N2S2. The van der Waals surface area contributed by atoms with Crippen LogP contribution in [0.1, 0.15) is 30.7 Å². The van der Waals surface area contributed by atoms with E-state index in [1.807, 2.05) is 6.92 Å². The SMILES string of the molecule is Cc1csc(Sc2ccc(CNCC(C)C)cc2C)n1. The Labute approximate surface area is 130 Å². The third-order valence-corrected chi connectivity index (χ3v) is 5.15. The highest BCUT2D eigenvalue weighted by Gasteiger charge is 2.05. The van der Waals surface area contributed by atoms with Crippen molar-refractivity contribution in [3.8, 4) is 0 Å². The van der Waals surface area contributed by atoms with Gasteiger partial charge in [0.1, 0.15) is 0 Å². The van der Waals surface area contributed by atoms with E-state index in [2.05, 4.69) is 54.7 Å². The van der Waals surface area contributed by atoms with E-state index >= 15 is 0 Å². The lowest BCUT2D eigenvalue weighted by Gasteiger charge is -2.10. The lowest BCUT2D eigenvalue weighted by Crippen LogP contribution is -2.18. The Morgan fingerprint density at radius 1 is 1.30 bits per heavy atom. The molecular weight excluding hydrogens is 284 g/mol. The van der Waals surface area contributed by atoms with Crippen molar-refractivity contribution in [1.29, 1.82) is 0 Å². The van der Waals surface area contributed by atoms with Gasteiger partial charge in [0.2, 0.25) is 0 Å². The van der Waals surface area contributed by atoms with E-state index in [1.54, 1.807) is 23.1 Å². The second-order valence-electron chi connectivity index (χ2n) is 5.48. The van der Waals surface area contributed by atoms with Crippen LogP contribution in [0.5, 0.6) is 0 Å². The van der Waals surface area contributed by atoms with E-state index in [0.29, 0.717) is 5.92 Å². The minimum absolute atomic E-state index is 0.694. The van der Waals surface area contributed by atoms with Gasteiger partial charge in [0.05, 0.1) is 0 Å². The number of nitrogens with one attached hydrogen (secondary N) is 1.